The van der Waals surface area contributed by atoms with Gasteiger partial charge >= 0.3 is 0 Å². The Balaban J connectivity index is 1.95. The summed E-state index contributed by atoms with van der Waals surface area (Å²) in [5.74, 6) is 0.0988. The topological polar surface area (TPSA) is 61.9 Å². The molecule has 0 radical (unpaired) electrons. The van der Waals surface area contributed by atoms with E-state index in [2.05, 4.69) is 36.5 Å². The molecule has 0 saturated carbocycles. The fourth-order valence-corrected chi connectivity index (χ4v) is 1.86. The van der Waals surface area contributed by atoms with Crippen molar-refractivity contribution < 1.29 is 0 Å². The van der Waals surface area contributed by atoms with Gasteiger partial charge in [0.15, 0.2) is 0 Å². The lowest BCUT2D eigenvalue weighted by atomic mass is 10.1. The van der Waals surface area contributed by atoms with Crippen molar-refractivity contribution in [1.82, 2.24) is 0 Å². The zero-order valence-corrected chi connectivity index (χ0v) is 11.1. The molecule has 98 valence electrons. The smallest absolute Gasteiger partial charge is 0.122 e. The number of hydrogen-bond acceptors (Lipinski definition) is 2. The van der Waals surface area contributed by atoms with Gasteiger partial charge in [0.25, 0.3) is 0 Å². The van der Waals surface area contributed by atoms with Gasteiger partial charge in [0.05, 0.1) is 0 Å². The van der Waals surface area contributed by atoms with Crippen LogP contribution in [0.3, 0.4) is 0 Å². The van der Waals surface area contributed by atoms with E-state index in [0.717, 1.165) is 24.2 Å². The summed E-state index contributed by atoms with van der Waals surface area (Å²) in [5.41, 5.74) is 9.81. The minimum Gasteiger partial charge on any atom is -0.384 e. The van der Waals surface area contributed by atoms with Gasteiger partial charge in [-0.15, -0.1) is 0 Å². The third-order valence-electron chi connectivity index (χ3n) is 3.12. The lowest BCUT2D eigenvalue weighted by molar-refractivity contribution is 1.11. The largest absolute Gasteiger partial charge is 0.384 e. The van der Waals surface area contributed by atoms with Gasteiger partial charge in [0, 0.05) is 17.8 Å². The minimum absolute atomic E-state index is 0.0988. The average molecular weight is 253 g/mol. The van der Waals surface area contributed by atoms with Crippen molar-refractivity contribution in [3.8, 4) is 0 Å². The maximum absolute atomic E-state index is 7.34. The van der Waals surface area contributed by atoms with Crippen LogP contribution in [0.1, 0.15) is 23.6 Å². The number of rotatable bonds is 5. The molecule has 0 spiro atoms. The van der Waals surface area contributed by atoms with Gasteiger partial charge in [-0.05, 0) is 41.8 Å². The Labute approximate surface area is 114 Å². The van der Waals surface area contributed by atoms with Gasteiger partial charge < -0.3 is 11.1 Å². The molecule has 0 aliphatic heterocycles. The van der Waals surface area contributed by atoms with E-state index in [4.69, 9.17) is 11.1 Å². The van der Waals surface area contributed by atoms with Crippen LogP contribution in [0.2, 0.25) is 0 Å². The lowest BCUT2D eigenvalue weighted by Crippen LogP contribution is -2.10. The molecule has 2 aromatic carbocycles. The first kappa shape index (κ1) is 13.1. The number of amidine groups is 1. The molecule has 3 nitrogen and oxygen atoms in total. The van der Waals surface area contributed by atoms with Gasteiger partial charge in [-0.1, -0.05) is 31.2 Å². The van der Waals surface area contributed by atoms with Crippen LogP contribution in [-0.4, -0.2) is 5.84 Å². The molecule has 0 aliphatic rings. The van der Waals surface area contributed by atoms with Crippen molar-refractivity contribution in [2.75, 3.05) is 5.32 Å². The molecule has 4 N–H and O–H groups in total. The Kier molecular flexibility index (Phi) is 4.18. The normalized spacial score (nSPS) is 10.2. The molecule has 0 bridgehead atoms. The van der Waals surface area contributed by atoms with Crippen LogP contribution in [0.5, 0.6) is 0 Å². The number of nitrogen functional groups attached to an aromatic ring is 1. The molecule has 0 unspecified atom stereocenters. The average Bonchev–Trinajstić information content (AvgIpc) is 2.46. The van der Waals surface area contributed by atoms with E-state index in [9.17, 15) is 0 Å². The Morgan fingerprint density at radius 1 is 1.00 bits per heavy atom. The fraction of sp³-hybridized carbons (Fsp3) is 0.188. The van der Waals surface area contributed by atoms with Crippen LogP contribution in [0.15, 0.2) is 48.5 Å². The van der Waals surface area contributed by atoms with Crippen LogP contribution in [0, 0.1) is 5.41 Å². The molecular formula is C16H19N3. The monoisotopic (exact) mass is 253 g/mol. The highest BCUT2D eigenvalue weighted by molar-refractivity contribution is 5.95. The molecule has 0 fully saturated rings. The summed E-state index contributed by atoms with van der Waals surface area (Å²) in [4.78, 5) is 0. The second kappa shape index (κ2) is 6.05. The number of nitrogens with two attached hydrogens (primary N) is 1. The van der Waals surface area contributed by atoms with E-state index in [1.54, 1.807) is 0 Å². The van der Waals surface area contributed by atoms with E-state index >= 15 is 0 Å². The second-order valence-electron chi connectivity index (χ2n) is 4.51. The molecule has 0 heterocycles. The van der Waals surface area contributed by atoms with Gasteiger partial charge in [-0.2, -0.15) is 0 Å². The highest BCUT2D eigenvalue weighted by Gasteiger charge is 1.97. The van der Waals surface area contributed by atoms with E-state index in [1.165, 1.54) is 11.1 Å². The quantitative estimate of drug-likeness (QED) is 0.566. The van der Waals surface area contributed by atoms with Gasteiger partial charge in [-0.25, -0.2) is 0 Å². The Bertz CT molecular complexity index is 541. The van der Waals surface area contributed by atoms with E-state index in [0.29, 0.717) is 0 Å². The van der Waals surface area contributed by atoms with E-state index < -0.39 is 0 Å². The standard InChI is InChI=1S/C16H19N3/c1-2-12-3-5-13(6-4-12)11-19-15-9-7-14(8-10-15)16(17)18/h3-10,19H,2,11H2,1H3,(H3,17,18). The summed E-state index contributed by atoms with van der Waals surface area (Å²) in [7, 11) is 0. The van der Waals surface area contributed by atoms with Crippen LogP contribution in [0.25, 0.3) is 0 Å². The highest BCUT2D eigenvalue weighted by atomic mass is 14.9. The fourth-order valence-electron chi connectivity index (χ4n) is 1.86. The van der Waals surface area contributed by atoms with Crippen molar-refractivity contribution >= 4 is 11.5 Å². The summed E-state index contributed by atoms with van der Waals surface area (Å²) in [6.07, 6.45) is 1.07. The molecule has 2 aromatic rings. The predicted molar refractivity (Wildman–Crippen MR) is 80.6 cm³/mol. The summed E-state index contributed by atoms with van der Waals surface area (Å²) in [6.45, 7) is 2.95. The number of aryl methyl sites for hydroxylation is 1. The second-order valence-corrected chi connectivity index (χ2v) is 4.51. The molecule has 0 saturated heterocycles. The maximum Gasteiger partial charge on any atom is 0.122 e. The first-order valence-electron chi connectivity index (χ1n) is 6.45. The maximum atomic E-state index is 7.34. The molecule has 2 rings (SSSR count). The first-order chi connectivity index (χ1) is 9.19. The molecule has 19 heavy (non-hydrogen) atoms. The molecule has 3 heteroatoms. The molecule has 0 aromatic heterocycles. The van der Waals surface area contributed by atoms with Crippen molar-refractivity contribution in [2.24, 2.45) is 5.73 Å². The van der Waals surface area contributed by atoms with E-state index in [-0.39, 0.29) is 5.84 Å². The Morgan fingerprint density at radius 3 is 2.11 bits per heavy atom. The van der Waals surface area contributed by atoms with Crippen LogP contribution < -0.4 is 11.1 Å². The Hall–Kier alpha value is -2.29. The van der Waals surface area contributed by atoms with Crippen molar-refractivity contribution in [2.45, 2.75) is 19.9 Å². The van der Waals surface area contributed by atoms with Gasteiger partial charge in [-0.3, -0.25) is 5.41 Å². The number of anilines is 1. The summed E-state index contributed by atoms with van der Waals surface area (Å²) in [6, 6.07) is 16.2. The summed E-state index contributed by atoms with van der Waals surface area (Å²) < 4.78 is 0. The molecule has 0 amide bonds. The van der Waals surface area contributed by atoms with Gasteiger partial charge in [0.1, 0.15) is 5.84 Å². The SMILES string of the molecule is CCc1ccc(CNc2ccc(C(=N)N)cc2)cc1. The molecular weight excluding hydrogens is 234 g/mol. The molecule has 0 aliphatic carbocycles. The van der Waals surface area contributed by atoms with Crippen molar-refractivity contribution in [1.29, 1.82) is 5.41 Å². The minimum atomic E-state index is 0.0988. The summed E-state index contributed by atoms with van der Waals surface area (Å²) in [5, 5.41) is 10.7. The van der Waals surface area contributed by atoms with Gasteiger partial charge in [0.2, 0.25) is 0 Å². The predicted octanol–water partition coefficient (Wildman–Crippen LogP) is 3.15. The van der Waals surface area contributed by atoms with Crippen LogP contribution in [0.4, 0.5) is 5.69 Å². The first-order valence-corrected chi connectivity index (χ1v) is 6.45. The highest BCUT2D eigenvalue weighted by Crippen LogP contribution is 2.12. The Morgan fingerprint density at radius 2 is 1.58 bits per heavy atom. The van der Waals surface area contributed by atoms with Crippen molar-refractivity contribution in [3.63, 3.8) is 0 Å². The number of hydrogen-bond donors (Lipinski definition) is 3. The lowest BCUT2D eigenvalue weighted by Gasteiger charge is -2.08. The van der Waals surface area contributed by atoms with Crippen LogP contribution >= 0.6 is 0 Å². The molecule has 0 atom stereocenters. The number of benzene rings is 2. The summed E-state index contributed by atoms with van der Waals surface area (Å²) >= 11 is 0. The van der Waals surface area contributed by atoms with Crippen LogP contribution in [-0.2, 0) is 13.0 Å². The van der Waals surface area contributed by atoms with E-state index in [1.807, 2.05) is 24.3 Å². The zero-order valence-electron chi connectivity index (χ0n) is 11.1. The third kappa shape index (κ3) is 3.58. The van der Waals surface area contributed by atoms with Crippen molar-refractivity contribution in [3.05, 3.63) is 65.2 Å². The number of nitrogens with one attached hydrogen (secondary N) is 2. The third-order valence-corrected chi connectivity index (χ3v) is 3.12. The zero-order chi connectivity index (χ0) is 13.7.